The van der Waals surface area contributed by atoms with Crippen molar-refractivity contribution in [1.82, 2.24) is 4.98 Å². The maximum Gasteiger partial charge on any atom is 0.0991 e. The van der Waals surface area contributed by atoms with E-state index in [4.69, 9.17) is 4.98 Å². The molecule has 2 aromatic rings. The van der Waals surface area contributed by atoms with Crippen molar-refractivity contribution >= 4 is 27.3 Å². The van der Waals surface area contributed by atoms with Crippen LogP contribution in [0.15, 0.2) is 34.1 Å². The summed E-state index contributed by atoms with van der Waals surface area (Å²) in [5.41, 5.74) is 2.69. The third-order valence-electron chi connectivity index (χ3n) is 3.14. The standard InChI is InChI=1S/C13H12BrNS/c1-13(5-6-13)12-15-11(8-16-12)9-3-2-4-10(14)7-9/h2-4,7-8H,5-6H2,1H3. The van der Waals surface area contributed by atoms with E-state index in [1.807, 2.05) is 6.07 Å². The number of rotatable bonds is 2. The van der Waals surface area contributed by atoms with Gasteiger partial charge in [0.2, 0.25) is 0 Å². The molecule has 1 aliphatic rings. The van der Waals surface area contributed by atoms with Crippen LogP contribution in [0.25, 0.3) is 11.3 Å². The van der Waals surface area contributed by atoms with Gasteiger partial charge in [-0.25, -0.2) is 4.98 Å². The first-order valence-electron chi connectivity index (χ1n) is 5.39. The summed E-state index contributed by atoms with van der Waals surface area (Å²) in [4.78, 5) is 4.75. The molecule has 16 heavy (non-hydrogen) atoms. The molecular weight excluding hydrogens is 282 g/mol. The molecular formula is C13H12BrNS. The van der Waals surface area contributed by atoms with Crippen molar-refractivity contribution in [1.29, 1.82) is 0 Å². The summed E-state index contributed by atoms with van der Waals surface area (Å²) in [5.74, 6) is 0. The maximum atomic E-state index is 4.75. The van der Waals surface area contributed by atoms with E-state index in [1.54, 1.807) is 11.3 Å². The van der Waals surface area contributed by atoms with Crippen LogP contribution in [0.4, 0.5) is 0 Å². The van der Waals surface area contributed by atoms with Crippen LogP contribution in [0.2, 0.25) is 0 Å². The molecule has 1 aliphatic carbocycles. The van der Waals surface area contributed by atoms with Crippen LogP contribution in [0, 0.1) is 0 Å². The Hall–Kier alpha value is -0.670. The van der Waals surface area contributed by atoms with Gasteiger partial charge in [0.1, 0.15) is 0 Å². The highest BCUT2D eigenvalue weighted by Gasteiger charge is 2.41. The zero-order valence-corrected chi connectivity index (χ0v) is 11.4. The number of hydrogen-bond acceptors (Lipinski definition) is 2. The van der Waals surface area contributed by atoms with E-state index in [0.29, 0.717) is 5.41 Å². The van der Waals surface area contributed by atoms with Crippen LogP contribution in [0.3, 0.4) is 0 Å². The third kappa shape index (κ3) is 1.82. The number of aromatic nitrogens is 1. The van der Waals surface area contributed by atoms with E-state index in [2.05, 4.69) is 46.4 Å². The van der Waals surface area contributed by atoms with Crippen molar-refractivity contribution in [2.75, 3.05) is 0 Å². The van der Waals surface area contributed by atoms with Gasteiger partial charge in [0.05, 0.1) is 10.7 Å². The monoisotopic (exact) mass is 293 g/mol. The molecule has 1 nitrogen and oxygen atoms in total. The van der Waals surface area contributed by atoms with E-state index in [1.165, 1.54) is 23.4 Å². The summed E-state index contributed by atoms with van der Waals surface area (Å²) in [5, 5.41) is 3.46. The van der Waals surface area contributed by atoms with Crippen LogP contribution in [0.5, 0.6) is 0 Å². The Kier molecular flexibility index (Phi) is 2.41. The highest BCUT2D eigenvalue weighted by Crippen LogP contribution is 2.49. The van der Waals surface area contributed by atoms with Crippen molar-refractivity contribution in [3.63, 3.8) is 0 Å². The first-order chi connectivity index (χ1) is 7.67. The lowest BCUT2D eigenvalue weighted by atomic mass is 10.1. The molecule has 0 bridgehead atoms. The lowest BCUT2D eigenvalue weighted by molar-refractivity contribution is 0.777. The zero-order chi connectivity index (χ0) is 11.2. The number of halogens is 1. The number of nitrogens with zero attached hydrogens (tertiary/aromatic N) is 1. The Balaban J connectivity index is 1.98. The maximum absolute atomic E-state index is 4.75. The first-order valence-corrected chi connectivity index (χ1v) is 7.07. The van der Waals surface area contributed by atoms with Gasteiger partial charge in [-0.05, 0) is 25.0 Å². The molecule has 0 atom stereocenters. The third-order valence-corrected chi connectivity index (χ3v) is 4.78. The van der Waals surface area contributed by atoms with Crippen LogP contribution < -0.4 is 0 Å². The van der Waals surface area contributed by atoms with E-state index >= 15 is 0 Å². The molecule has 1 heterocycles. The van der Waals surface area contributed by atoms with Crippen molar-refractivity contribution in [2.24, 2.45) is 0 Å². The van der Waals surface area contributed by atoms with Crippen molar-refractivity contribution in [2.45, 2.75) is 25.2 Å². The van der Waals surface area contributed by atoms with Crippen molar-refractivity contribution < 1.29 is 0 Å². The van der Waals surface area contributed by atoms with Crippen LogP contribution >= 0.6 is 27.3 Å². The van der Waals surface area contributed by atoms with Crippen LogP contribution in [0.1, 0.15) is 24.8 Å². The van der Waals surface area contributed by atoms with E-state index in [0.717, 1.165) is 10.2 Å². The predicted octanol–water partition coefficient (Wildman–Crippen LogP) is 4.62. The highest BCUT2D eigenvalue weighted by atomic mass is 79.9. The SMILES string of the molecule is CC1(c2nc(-c3cccc(Br)c3)cs2)CC1. The Morgan fingerprint density at radius 3 is 2.88 bits per heavy atom. The summed E-state index contributed by atoms with van der Waals surface area (Å²) in [6.45, 7) is 2.30. The van der Waals surface area contributed by atoms with Gasteiger partial charge in [0.25, 0.3) is 0 Å². The molecule has 0 unspecified atom stereocenters. The van der Waals surface area contributed by atoms with Gasteiger partial charge < -0.3 is 0 Å². The molecule has 0 N–H and O–H groups in total. The number of thiazole rings is 1. The molecule has 1 saturated carbocycles. The lowest BCUT2D eigenvalue weighted by Crippen LogP contribution is -1.97. The van der Waals surface area contributed by atoms with Gasteiger partial charge in [-0.2, -0.15) is 0 Å². The number of benzene rings is 1. The fourth-order valence-corrected chi connectivity index (χ4v) is 3.18. The van der Waals surface area contributed by atoms with Gasteiger partial charge in [0, 0.05) is 20.8 Å². The van der Waals surface area contributed by atoms with Crippen molar-refractivity contribution in [3.05, 3.63) is 39.1 Å². The summed E-state index contributed by atoms with van der Waals surface area (Å²) in [6, 6.07) is 8.32. The molecule has 3 heteroatoms. The summed E-state index contributed by atoms with van der Waals surface area (Å²) >= 11 is 5.29. The molecule has 0 saturated heterocycles. The normalized spacial score (nSPS) is 17.4. The second kappa shape index (κ2) is 3.67. The molecule has 82 valence electrons. The topological polar surface area (TPSA) is 12.9 Å². The molecule has 0 aliphatic heterocycles. The zero-order valence-electron chi connectivity index (χ0n) is 9.03. The highest BCUT2D eigenvalue weighted by molar-refractivity contribution is 9.10. The number of hydrogen-bond donors (Lipinski definition) is 0. The van der Waals surface area contributed by atoms with Gasteiger partial charge in [-0.1, -0.05) is 35.0 Å². The average Bonchev–Trinajstić information content (AvgIpc) is 2.83. The largest absolute Gasteiger partial charge is 0.241 e. The minimum atomic E-state index is 0.384. The van der Waals surface area contributed by atoms with E-state index in [9.17, 15) is 0 Å². The van der Waals surface area contributed by atoms with E-state index < -0.39 is 0 Å². The van der Waals surface area contributed by atoms with Gasteiger partial charge in [0.15, 0.2) is 0 Å². The van der Waals surface area contributed by atoms with Crippen LogP contribution in [-0.4, -0.2) is 4.98 Å². The Morgan fingerprint density at radius 2 is 2.19 bits per heavy atom. The smallest absolute Gasteiger partial charge is 0.0991 e. The van der Waals surface area contributed by atoms with Crippen molar-refractivity contribution in [3.8, 4) is 11.3 Å². The second-order valence-electron chi connectivity index (χ2n) is 4.61. The molecule has 0 spiro atoms. The Labute approximate surface area is 108 Å². The first kappa shape index (κ1) is 10.5. The summed E-state index contributed by atoms with van der Waals surface area (Å²) < 4.78 is 1.11. The summed E-state index contributed by atoms with van der Waals surface area (Å²) in [6.07, 6.45) is 2.58. The minimum Gasteiger partial charge on any atom is -0.241 e. The molecule has 0 radical (unpaired) electrons. The van der Waals surface area contributed by atoms with Gasteiger partial charge in [-0.15, -0.1) is 11.3 Å². The molecule has 1 fully saturated rings. The van der Waals surface area contributed by atoms with Gasteiger partial charge in [-0.3, -0.25) is 0 Å². The average molecular weight is 294 g/mol. The molecule has 1 aromatic heterocycles. The second-order valence-corrected chi connectivity index (χ2v) is 6.38. The Bertz CT molecular complexity index is 528. The fraction of sp³-hybridized carbons (Fsp3) is 0.308. The van der Waals surface area contributed by atoms with Crippen LogP contribution in [-0.2, 0) is 5.41 Å². The Morgan fingerprint density at radius 1 is 1.38 bits per heavy atom. The quantitative estimate of drug-likeness (QED) is 0.787. The summed E-state index contributed by atoms with van der Waals surface area (Å²) in [7, 11) is 0. The minimum absolute atomic E-state index is 0.384. The lowest BCUT2D eigenvalue weighted by Gasteiger charge is -2.01. The molecule has 3 rings (SSSR count). The fourth-order valence-electron chi connectivity index (χ4n) is 1.73. The predicted molar refractivity (Wildman–Crippen MR) is 71.8 cm³/mol. The van der Waals surface area contributed by atoms with E-state index in [-0.39, 0.29) is 0 Å². The molecule has 1 aromatic carbocycles. The van der Waals surface area contributed by atoms with Gasteiger partial charge >= 0.3 is 0 Å². The molecule has 0 amide bonds.